The quantitative estimate of drug-likeness (QED) is 0.485. The van der Waals surface area contributed by atoms with Gasteiger partial charge in [-0.3, -0.25) is 10.1 Å². The number of carbonyl (C=O) groups excluding carboxylic acids is 1. The maximum absolute atomic E-state index is 12.6. The van der Waals surface area contributed by atoms with Crippen molar-refractivity contribution in [2.75, 3.05) is 5.32 Å². The number of benzene rings is 3. The Morgan fingerprint density at radius 1 is 0.889 bits per heavy atom. The van der Waals surface area contributed by atoms with E-state index in [4.69, 9.17) is 23.2 Å². The zero-order valence-corrected chi connectivity index (χ0v) is 15.7. The third kappa shape index (κ3) is 3.82. The standard InChI is InChI=1S/C21H15Cl2N3O/c22-16-9-5-14(6-10-16)13-26-19-4-2-1-3-18(19)24-21(26)25-20(27)15-7-11-17(23)12-8-15/h1-12H,13H2,(H,24,25,27). The molecule has 1 amide bonds. The summed E-state index contributed by atoms with van der Waals surface area (Å²) in [6.07, 6.45) is 0. The average molecular weight is 396 g/mol. The summed E-state index contributed by atoms with van der Waals surface area (Å²) in [5, 5.41) is 4.18. The fourth-order valence-electron chi connectivity index (χ4n) is 2.88. The monoisotopic (exact) mass is 395 g/mol. The SMILES string of the molecule is O=C(Nc1nc2ccccc2n1Cc1ccc(Cl)cc1)c1ccc(Cl)cc1. The van der Waals surface area contributed by atoms with Gasteiger partial charge < -0.3 is 4.57 Å². The van der Waals surface area contributed by atoms with Crippen molar-refractivity contribution >= 4 is 46.1 Å². The van der Waals surface area contributed by atoms with Gasteiger partial charge in [0.05, 0.1) is 17.6 Å². The van der Waals surface area contributed by atoms with Gasteiger partial charge in [-0.25, -0.2) is 4.98 Å². The Kier molecular flexibility index (Phi) is 4.84. The van der Waals surface area contributed by atoms with E-state index in [0.717, 1.165) is 16.6 Å². The molecule has 0 atom stereocenters. The molecule has 0 fully saturated rings. The van der Waals surface area contributed by atoms with Gasteiger partial charge in [0.15, 0.2) is 0 Å². The van der Waals surface area contributed by atoms with Crippen LogP contribution in [0.2, 0.25) is 10.0 Å². The average Bonchev–Trinajstić information content (AvgIpc) is 3.01. The van der Waals surface area contributed by atoms with Gasteiger partial charge in [0.1, 0.15) is 0 Å². The van der Waals surface area contributed by atoms with Gasteiger partial charge in [-0.2, -0.15) is 0 Å². The molecule has 0 radical (unpaired) electrons. The zero-order valence-electron chi connectivity index (χ0n) is 14.2. The van der Waals surface area contributed by atoms with Crippen molar-refractivity contribution in [3.8, 4) is 0 Å². The van der Waals surface area contributed by atoms with E-state index in [0.29, 0.717) is 28.1 Å². The normalized spacial score (nSPS) is 10.9. The maximum atomic E-state index is 12.6. The van der Waals surface area contributed by atoms with Crippen molar-refractivity contribution in [3.63, 3.8) is 0 Å². The molecule has 134 valence electrons. The van der Waals surface area contributed by atoms with E-state index in [1.54, 1.807) is 24.3 Å². The molecule has 1 N–H and O–H groups in total. The Bertz CT molecular complexity index is 1100. The van der Waals surface area contributed by atoms with E-state index in [2.05, 4.69) is 10.3 Å². The first-order chi connectivity index (χ1) is 13.1. The molecule has 27 heavy (non-hydrogen) atoms. The van der Waals surface area contributed by atoms with Crippen LogP contribution in [0, 0.1) is 0 Å². The van der Waals surface area contributed by atoms with Gasteiger partial charge >= 0.3 is 0 Å². The Hall–Kier alpha value is -2.82. The van der Waals surface area contributed by atoms with Crippen LogP contribution in [0.15, 0.2) is 72.8 Å². The molecule has 1 heterocycles. The molecule has 4 rings (SSSR count). The van der Waals surface area contributed by atoms with Crippen LogP contribution in [0.5, 0.6) is 0 Å². The zero-order chi connectivity index (χ0) is 18.8. The Labute approximate surface area is 166 Å². The number of anilines is 1. The molecule has 0 saturated carbocycles. The van der Waals surface area contributed by atoms with Gasteiger partial charge in [-0.1, -0.05) is 47.5 Å². The number of nitrogens with zero attached hydrogens (tertiary/aromatic N) is 2. The molecular weight excluding hydrogens is 381 g/mol. The molecule has 0 saturated heterocycles. The second-order valence-corrected chi connectivity index (χ2v) is 6.97. The summed E-state index contributed by atoms with van der Waals surface area (Å²) >= 11 is 11.9. The van der Waals surface area contributed by atoms with Crippen molar-refractivity contribution < 1.29 is 4.79 Å². The van der Waals surface area contributed by atoms with Gasteiger partial charge in [-0.05, 0) is 54.1 Å². The summed E-state index contributed by atoms with van der Waals surface area (Å²) < 4.78 is 1.98. The lowest BCUT2D eigenvalue weighted by Crippen LogP contribution is -2.16. The van der Waals surface area contributed by atoms with Crippen molar-refractivity contribution in [2.45, 2.75) is 6.54 Å². The molecule has 6 heteroatoms. The van der Waals surface area contributed by atoms with Crippen molar-refractivity contribution in [2.24, 2.45) is 0 Å². The summed E-state index contributed by atoms with van der Waals surface area (Å²) in [4.78, 5) is 17.2. The maximum Gasteiger partial charge on any atom is 0.257 e. The predicted octanol–water partition coefficient (Wildman–Crippen LogP) is 5.64. The summed E-state index contributed by atoms with van der Waals surface area (Å²) in [6, 6.07) is 22.1. The molecule has 0 aliphatic carbocycles. The molecule has 4 nitrogen and oxygen atoms in total. The lowest BCUT2D eigenvalue weighted by Gasteiger charge is -2.11. The highest BCUT2D eigenvalue weighted by atomic mass is 35.5. The molecular formula is C21H15Cl2N3O. The van der Waals surface area contributed by atoms with E-state index in [-0.39, 0.29) is 5.91 Å². The van der Waals surface area contributed by atoms with Crippen molar-refractivity contribution in [1.29, 1.82) is 0 Å². The molecule has 0 bridgehead atoms. The number of carbonyl (C=O) groups is 1. The van der Waals surface area contributed by atoms with E-state index < -0.39 is 0 Å². The number of nitrogens with one attached hydrogen (secondary N) is 1. The van der Waals surface area contributed by atoms with Crippen LogP contribution in [0.3, 0.4) is 0 Å². The number of rotatable bonds is 4. The Morgan fingerprint density at radius 2 is 1.52 bits per heavy atom. The number of hydrogen-bond donors (Lipinski definition) is 1. The first-order valence-corrected chi connectivity index (χ1v) is 9.12. The predicted molar refractivity (Wildman–Crippen MR) is 110 cm³/mol. The van der Waals surface area contributed by atoms with Crippen LogP contribution in [0.1, 0.15) is 15.9 Å². The smallest absolute Gasteiger partial charge is 0.257 e. The van der Waals surface area contributed by atoms with Crippen molar-refractivity contribution in [1.82, 2.24) is 9.55 Å². The minimum absolute atomic E-state index is 0.237. The number of imidazole rings is 1. The number of amides is 1. The van der Waals surface area contributed by atoms with Gasteiger partial charge in [0, 0.05) is 15.6 Å². The second kappa shape index (κ2) is 7.43. The molecule has 0 aliphatic rings. The second-order valence-electron chi connectivity index (χ2n) is 6.10. The van der Waals surface area contributed by atoms with E-state index >= 15 is 0 Å². The highest BCUT2D eigenvalue weighted by Gasteiger charge is 2.14. The van der Waals surface area contributed by atoms with Crippen LogP contribution in [0.25, 0.3) is 11.0 Å². The fraction of sp³-hybridized carbons (Fsp3) is 0.0476. The first kappa shape index (κ1) is 17.6. The molecule has 0 unspecified atom stereocenters. The summed E-state index contributed by atoms with van der Waals surface area (Å²) in [7, 11) is 0. The van der Waals surface area contributed by atoms with Crippen LogP contribution in [-0.2, 0) is 6.54 Å². The van der Waals surface area contributed by atoms with Gasteiger partial charge in [-0.15, -0.1) is 0 Å². The Morgan fingerprint density at radius 3 is 2.22 bits per heavy atom. The lowest BCUT2D eigenvalue weighted by atomic mass is 10.2. The highest BCUT2D eigenvalue weighted by molar-refractivity contribution is 6.30. The number of fused-ring (bicyclic) bond motifs is 1. The largest absolute Gasteiger partial charge is 0.305 e. The number of aromatic nitrogens is 2. The van der Waals surface area contributed by atoms with Gasteiger partial charge in [0.25, 0.3) is 5.91 Å². The number of halogens is 2. The van der Waals surface area contributed by atoms with Gasteiger partial charge in [0.2, 0.25) is 5.95 Å². The number of para-hydroxylation sites is 2. The van der Waals surface area contributed by atoms with Crippen LogP contribution in [-0.4, -0.2) is 15.5 Å². The number of hydrogen-bond acceptors (Lipinski definition) is 2. The summed E-state index contributed by atoms with van der Waals surface area (Å²) in [5.74, 6) is 0.255. The van der Waals surface area contributed by atoms with Crippen molar-refractivity contribution in [3.05, 3.63) is 94.0 Å². The highest BCUT2D eigenvalue weighted by Crippen LogP contribution is 2.22. The molecule has 1 aromatic heterocycles. The van der Waals surface area contributed by atoms with Crippen LogP contribution >= 0.6 is 23.2 Å². The molecule has 0 aliphatic heterocycles. The molecule has 4 aromatic rings. The molecule has 3 aromatic carbocycles. The Balaban J connectivity index is 1.70. The molecule has 0 spiro atoms. The van der Waals surface area contributed by atoms with Crippen LogP contribution < -0.4 is 5.32 Å². The minimum Gasteiger partial charge on any atom is -0.305 e. The third-order valence-corrected chi connectivity index (χ3v) is 4.74. The summed E-state index contributed by atoms with van der Waals surface area (Å²) in [5.41, 5.74) is 3.34. The fourth-order valence-corrected chi connectivity index (χ4v) is 3.13. The lowest BCUT2D eigenvalue weighted by molar-refractivity contribution is 0.102. The minimum atomic E-state index is -0.237. The van der Waals surface area contributed by atoms with E-state index in [1.807, 2.05) is 53.1 Å². The van der Waals surface area contributed by atoms with E-state index in [9.17, 15) is 4.79 Å². The van der Waals surface area contributed by atoms with Crippen LogP contribution in [0.4, 0.5) is 5.95 Å². The third-order valence-electron chi connectivity index (χ3n) is 4.24. The summed E-state index contributed by atoms with van der Waals surface area (Å²) in [6.45, 7) is 0.563. The van der Waals surface area contributed by atoms with E-state index in [1.165, 1.54) is 0 Å². The first-order valence-electron chi connectivity index (χ1n) is 8.37. The topological polar surface area (TPSA) is 46.9 Å².